The number of hydrogen-bond acceptors (Lipinski definition) is 3. The van der Waals surface area contributed by atoms with Crippen molar-refractivity contribution in [3.05, 3.63) is 65.2 Å². The number of anilines is 1. The standard InChI is InChI=1S/C17H13NO4/c19-16(18-14-7-5-11(6-8-14)17(20)21)13-9-12-3-1-2-4-15(12)22-10-13/h1-9H,10H2,(H,18,19)(H,20,21). The second kappa shape index (κ2) is 5.73. The third-order valence-corrected chi connectivity index (χ3v) is 3.31. The monoisotopic (exact) mass is 295 g/mol. The average molecular weight is 295 g/mol. The van der Waals surface area contributed by atoms with Gasteiger partial charge in [-0.2, -0.15) is 0 Å². The lowest BCUT2D eigenvalue weighted by Crippen LogP contribution is -2.21. The van der Waals surface area contributed by atoms with Gasteiger partial charge in [-0.1, -0.05) is 18.2 Å². The molecule has 0 unspecified atom stereocenters. The van der Waals surface area contributed by atoms with Crippen LogP contribution in [0.2, 0.25) is 0 Å². The fraction of sp³-hybridized carbons (Fsp3) is 0.0588. The Morgan fingerprint density at radius 3 is 2.50 bits per heavy atom. The molecule has 0 spiro atoms. The summed E-state index contributed by atoms with van der Waals surface area (Å²) in [6, 6.07) is 13.5. The van der Waals surface area contributed by atoms with E-state index in [4.69, 9.17) is 9.84 Å². The zero-order valence-corrected chi connectivity index (χ0v) is 11.6. The van der Waals surface area contributed by atoms with Gasteiger partial charge in [0, 0.05) is 11.3 Å². The molecule has 5 heteroatoms. The number of carbonyl (C=O) groups excluding carboxylic acids is 1. The number of amides is 1. The minimum atomic E-state index is -1.00. The van der Waals surface area contributed by atoms with Crippen LogP contribution in [0, 0.1) is 0 Å². The summed E-state index contributed by atoms with van der Waals surface area (Å²) in [5.74, 6) is -0.514. The third-order valence-electron chi connectivity index (χ3n) is 3.31. The van der Waals surface area contributed by atoms with E-state index in [2.05, 4.69) is 5.32 Å². The predicted molar refractivity (Wildman–Crippen MR) is 81.9 cm³/mol. The normalized spacial score (nSPS) is 12.6. The number of carboxylic acids is 1. The number of carbonyl (C=O) groups is 2. The van der Waals surface area contributed by atoms with E-state index in [1.807, 2.05) is 24.3 Å². The Bertz CT molecular complexity index is 762. The average Bonchev–Trinajstić information content (AvgIpc) is 2.55. The van der Waals surface area contributed by atoms with Crippen LogP contribution in [0.4, 0.5) is 5.69 Å². The van der Waals surface area contributed by atoms with Crippen molar-refractivity contribution >= 4 is 23.6 Å². The summed E-state index contributed by atoms with van der Waals surface area (Å²) in [7, 11) is 0. The molecule has 0 aliphatic carbocycles. The summed E-state index contributed by atoms with van der Waals surface area (Å²) < 4.78 is 5.54. The Hall–Kier alpha value is -3.08. The highest BCUT2D eigenvalue weighted by Gasteiger charge is 2.17. The van der Waals surface area contributed by atoms with Crippen molar-refractivity contribution in [2.75, 3.05) is 11.9 Å². The Labute approximate surface area is 126 Å². The molecule has 1 aliphatic rings. The summed E-state index contributed by atoms with van der Waals surface area (Å²) in [6.45, 7) is 0.204. The van der Waals surface area contributed by atoms with Crippen molar-refractivity contribution in [3.63, 3.8) is 0 Å². The lowest BCUT2D eigenvalue weighted by atomic mass is 10.1. The molecule has 0 atom stereocenters. The van der Waals surface area contributed by atoms with E-state index in [0.717, 1.165) is 11.3 Å². The number of para-hydroxylation sites is 1. The first kappa shape index (κ1) is 13.9. The highest BCUT2D eigenvalue weighted by Crippen LogP contribution is 2.26. The zero-order chi connectivity index (χ0) is 15.5. The number of aromatic carboxylic acids is 1. The van der Waals surface area contributed by atoms with E-state index in [1.165, 1.54) is 12.1 Å². The molecule has 0 bridgehead atoms. The van der Waals surface area contributed by atoms with Crippen molar-refractivity contribution in [2.24, 2.45) is 0 Å². The molecular formula is C17H13NO4. The molecule has 22 heavy (non-hydrogen) atoms. The number of ether oxygens (including phenoxy) is 1. The van der Waals surface area contributed by atoms with Crippen LogP contribution in [0.15, 0.2) is 54.1 Å². The molecule has 3 rings (SSSR count). The van der Waals surface area contributed by atoms with Gasteiger partial charge in [0.15, 0.2) is 0 Å². The Kier molecular flexibility index (Phi) is 3.62. The summed E-state index contributed by atoms with van der Waals surface area (Å²) in [5.41, 5.74) is 2.09. The van der Waals surface area contributed by atoms with Crippen molar-refractivity contribution in [3.8, 4) is 5.75 Å². The predicted octanol–water partition coefficient (Wildman–Crippen LogP) is 2.80. The van der Waals surface area contributed by atoms with E-state index >= 15 is 0 Å². The molecule has 5 nitrogen and oxygen atoms in total. The van der Waals surface area contributed by atoms with Gasteiger partial charge in [0.05, 0.1) is 11.1 Å². The minimum Gasteiger partial charge on any atom is -0.488 e. The first-order valence-electron chi connectivity index (χ1n) is 6.70. The van der Waals surface area contributed by atoms with Crippen LogP contribution in [-0.4, -0.2) is 23.6 Å². The van der Waals surface area contributed by atoms with E-state index in [-0.39, 0.29) is 18.1 Å². The topological polar surface area (TPSA) is 75.6 Å². The Balaban J connectivity index is 1.75. The van der Waals surface area contributed by atoms with Crippen LogP contribution in [0.3, 0.4) is 0 Å². The van der Waals surface area contributed by atoms with Gasteiger partial charge in [-0.15, -0.1) is 0 Å². The SMILES string of the molecule is O=C(Nc1ccc(C(=O)O)cc1)C1=Cc2ccccc2OC1. The second-order valence-corrected chi connectivity index (χ2v) is 4.83. The molecule has 1 heterocycles. The molecule has 0 fully saturated rings. The molecule has 1 amide bonds. The third kappa shape index (κ3) is 2.83. The molecule has 0 saturated heterocycles. The van der Waals surface area contributed by atoms with Gasteiger partial charge in [0.25, 0.3) is 5.91 Å². The fourth-order valence-corrected chi connectivity index (χ4v) is 2.15. The fourth-order valence-electron chi connectivity index (χ4n) is 2.15. The maximum absolute atomic E-state index is 12.2. The van der Waals surface area contributed by atoms with Gasteiger partial charge in [0.2, 0.25) is 0 Å². The molecule has 2 N–H and O–H groups in total. The van der Waals surface area contributed by atoms with Crippen molar-refractivity contribution in [1.82, 2.24) is 0 Å². The number of fused-ring (bicyclic) bond motifs is 1. The van der Waals surface area contributed by atoms with Crippen molar-refractivity contribution in [2.45, 2.75) is 0 Å². The van der Waals surface area contributed by atoms with Crippen LogP contribution < -0.4 is 10.1 Å². The smallest absolute Gasteiger partial charge is 0.335 e. The molecular weight excluding hydrogens is 282 g/mol. The minimum absolute atomic E-state index is 0.173. The highest BCUT2D eigenvalue weighted by atomic mass is 16.5. The van der Waals surface area contributed by atoms with Gasteiger partial charge in [-0.05, 0) is 36.4 Å². The Morgan fingerprint density at radius 1 is 1.05 bits per heavy atom. The number of benzene rings is 2. The first-order valence-corrected chi connectivity index (χ1v) is 6.70. The van der Waals surface area contributed by atoms with E-state index in [0.29, 0.717) is 11.3 Å². The largest absolute Gasteiger partial charge is 0.488 e. The molecule has 0 saturated carbocycles. The second-order valence-electron chi connectivity index (χ2n) is 4.83. The lowest BCUT2D eigenvalue weighted by Gasteiger charge is -2.17. The molecule has 0 aromatic heterocycles. The summed E-state index contributed by atoms with van der Waals surface area (Å²) in [5, 5.41) is 11.6. The van der Waals surface area contributed by atoms with Crippen molar-refractivity contribution in [1.29, 1.82) is 0 Å². The summed E-state index contributed by atoms with van der Waals surface area (Å²) in [6.07, 6.45) is 1.79. The van der Waals surface area contributed by atoms with Gasteiger partial charge >= 0.3 is 5.97 Å². The molecule has 0 radical (unpaired) electrons. The summed E-state index contributed by atoms with van der Waals surface area (Å²) >= 11 is 0. The highest BCUT2D eigenvalue weighted by molar-refractivity contribution is 6.07. The van der Waals surface area contributed by atoms with Crippen LogP contribution >= 0.6 is 0 Å². The van der Waals surface area contributed by atoms with Crippen LogP contribution in [-0.2, 0) is 4.79 Å². The van der Waals surface area contributed by atoms with Crippen LogP contribution in [0.5, 0.6) is 5.75 Å². The van der Waals surface area contributed by atoms with Crippen molar-refractivity contribution < 1.29 is 19.4 Å². The van der Waals surface area contributed by atoms with Gasteiger partial charge in [0.1, 0.15) is 12.4 Å². The van der Waals surface area contributed by atoms with Crippen LogP contribution in [0.1, 0.15) is 15.9 Å². The van der Waals surface area contributed by atoms with Crippen LogP contribution in [0.25, 0.3) is 6.08 Å². The number of rotatable bonds is 3. The van der Waals surface area contributed by atoms with E-state index in [1.54, 1.807) is 18.2 Å². The molecule has 2 aromatic rings. The van der Waals surface area contributed by atoms with E-state index in [9.17, 15) is 9.59 Å². The molecule has 110 valence electrons. The van der Waals surface area contributed by atoms with Gasteiger partial charge in [-0.3, -0.25) is 4.79 Å². The maximum atomic E-state index is 12.2. The zero-order valence-electron chi connectivity index (χ0n) is 11.6. The number of hydrogen-bond donors (Lipinski definition) is 2. The van der Waals surface area contributed by atoms with E-state index < -0.39 is 5.97 Å². The first-order chi connectivity index (χ1) is 10.6. The summed E-state index contributed by atoms with van der Waals surface area (Å²) in [4.78, 5) is 23.0. The molecule has 1 aliphatic heterocycles. The maximum Gasteiger partial charge on any atom is 0.335 e. The van der Waals surface area contributed by atoms with Gasteiger partial charge in [-0.25, -0.2) is 4.79 Å². The Morgan fingerprint density at radius 2 is 1.77 bits per heavy atom. The molecule has 2 aromatic carbocycles. The van der Waals surface area contributed by atoms with Gasteiger partial charge < -0.3 is 15.2 Å². The number of carboxylic acid groups (broad SMARTS) is 1. The lowest BCUT2D eigenvalue weighted by molar-refractivity contribution is -0.113. The quantitative estimate of drug-likeness (QED) is 0.913. The number of nitrogens with one attached hydrogen (secondary N) is 1.